The maximum atomic E-state index is 10.1. The molecule has 0 radical (unpaired) electrons. The van der Waals surface area contributed by atoms with Crippen LogP contribution in [0.1, 0.15) is 13.3 Å². The standard InChI is InChI=1S/C12H18Cl2N2O2/c1-12(17,3-4-18-2)7-16-11-9(13)5-8(15)6-10(11)14/h5-6,16-17H,3-4,7,15H2,1-2H3. The Morgan fingerprint density at radius 2 is 1.94 bits per heavy atom. The molecule has 0 aliphatic heterocycles. The molecule has 18 heavy (non-hydrogen) atoms. The van der Waals surface area contributed by atoms with Gasteiger partial charge in [-0.25, -0.2) is 0 Å². The third-order valence-electron chi connectivity index (χ3n) is 2.56. The second-order valence-corrected chi connectivity index (χ2v) is 5.27. The first-order chi connectivity index (χ1) is 8.35. The number of halogens is 2. The maximum absolute atomic E-state index is 10.1. The van der Waals surface area contributed by atoms with Crippen LogP contribution in [0.15, 0.2) is 12.1 Å². The molecule has 0 saturated heterocycles. The van der Waals surface area contributed by atoms with E-state index in [1.165, 1.54) is 0 Å². The summed E-state index contributed by atoms with van der Waals surface area (Å²) in [6, 6.07) is 3.22. The number of hydrogen-bond donors (Lipinski definition) is 3. The van der Waals surface area contributed by atoms with Gasteiger partial charge in [0, 0.05) is 32.4 Å². The SMILES string of the molecule is COCCC(C)(O)CNc1c(Cl)cc(N)cc1Cl. The van der Waals surface area contributed by atoms with E-state index in [0.717, 1.165) is 0 Å². The molecule has 1 atom stereocenters. The van der Waals surface area contributed by atoms with E-state index in [1.54, 1.807) is 26.2 Å². The predicted molar refractivity (Wildman–Crippen MR) is 76.5 cm³/mol. The van der Waals surface area contributed by atoms with Crippen molar-refractivity contribution >= 4 is 34.6 Å². The Kier molecular flexibility index (Phi) is 5.53. The van der Waals surface area contributed by atoms with Crippen molar-refractivity contribution in [2.24, 2.45) is 0 Å². The van der Waals surface area contributed by atoms with Crippen LogP contribution in [0.5, 0.6) is 0 Å². The average Bonchev–Trinajstić information content (AvgIpc) is 2.24. The van der Waals surface area contributed by atoms with Gasteiger partial charge in [0.15, 0.2) is 0 Å². The van der Waals surface area contributed by atoms with Crippen LogP contribution >= 0.6 is 23.2 Å². The molecule has 0 amide bonds. The summed E-state index contributed by atoms with van der Waals surface area (Å²) in [6.45, 7) is 2.52. The number of methoxy groups -OCH3 is 1. The molecule has 6 heteroatoms. The maximum Gasteiger partial charge on any atom is 0.0813 e. The van der Waals surface area contributed by atoms with Gasteiger partial charge in [0.2, 0.25) is 0 Å². The number of aliphatic hydroxyl groups is 1. The Morgan fingerprint density at radius 1 is 1.39 bits per heavy atom. The van der Waals surface area contributed by atoms with E-state index < -0.39 is 5.60 Å². The Hall–Kier alpha value is -0.680. The third-order valence-corrected chi connectivity index (χ3v) is 3.15. The molecule has 0 saturated carbocycles. The Balaban J connectivity index is 2.69. The molecule has 0 aromatic heterocycles. The van der Waals surface area contributed by atoms with Crippen LogP contribution in [-0.4, -0.2) is 31.0 Å². The molecule has 1 aromatic carbocycles. The fraction of sp³-hybridized carbons (Fsp3) is 0.500. The van der Waals surface area contributed by atoms with Crippen molar-refractivity contribution in [3.63, 3.8) is 0 Å². The fourth-order valence-electron chi connectivity index (χ4n) is 1.45. The van der Waals surface area contributed by atoms with E-state index in [4.69, 9.17) is 33.7 Å². The second kappa shape index (κ2) is 6.48. The zero-order valence-electron chi connectivity index (χ0n) is 10.5. The molecule has 4 nitrogen and oxygen atoms in total. The van der Waals surface area contributed by atoms with Crippen LogP contribution < -0.4 is 11.1 Å². The Bertz CT molecular complexity index is 388. The molecular formula is C12H18Cl2N2O2. The van der Waals surface area contributed by atoms with Crippen molar-refractivity contribution in [1.29, 1.82) is 0 Å². The number of rotatable bonds is 6. The van der Waals surface area contributed by atoms with Crippen LogP contribution in [0, 0.1) is 0 Å². The summed E-state index contributed by atoms with van der Waals surface area (Å²) in [6.07, 6.45) is 0.515. The average molecular weight is 293 g/mol. The first-order valence-electron chi connectivity index (χ1n) is 5.55. The molecule has 1 aromatic rings. The lowest BCUT2D eigenvalue weighted by molar-refractivity contribution is 0.0357. The van der Waals surface area contributed by atoms with Gasteiger partial charge < -0.3 is 20.9 Å². The molecule has 1 unspecified atom stereocenters. The van der Waals surface area contributed by atoms with Crippen LogP contribution in [0.3, 0.4) is 0 Å². The number of nitrogens with two attached hydrogens (primary N) is 1. The molecule has 0 aliphatic carbocycles. The molecule has 0 fully saturated rings. The van der Waals surface area contributed by atoms with Crippen molar-refractivity contribution in [2.45, 2.75) is 18.9 Å². The number of anilines is 2. The molecule has 0 spiro atoms. The highest BCUT2D eigenvalue weighted by Crippen LogP contribution is 2.33. The Labute approximate surface area is 117 Å². The molecule has 1 rings (SSSR count). The lowest BCUT2D eigenvalue weighted by atomic mass is 10.0. The summed E-state index contributed by atoms with van der Waals surface area (Å²) < 4.78 is 4.94. The van der Waals surface area contributed by atoms with Crippen molar-refractivity contribution < 1.29 is 9.84 Å². The highest BCUT2D eigenvalue weighted by molar-refractivity contribution is 6.39. The summed E-state index contributed by atoms with van der Waals surface area (Å²) in [5.41, 5.74) is 5.79. The number of nitrogen functional groups attached to an aromatic ring is 1. The molecule has 0 bridgehead atoms. The fourth-order valence-corrected chi connectivity index (χ4v) is 2.09. The zero-order valence-corrected chi connectivity index (χ0v) is 12.0. The monoisotopic (exact) mass is 292 g/mol. The van der Waals surface area contributed by atoms with Crippen LogP contribution in [0.2, 0.25) is 10.0 Å². The quantitative estimate of drug-likeness (QED) is 0.706. The molecular weight excluding hydrogens is 275 g/mol. The minimum absolute atomic E-state index is 0.319. The second-order valence-electron chi connectivity index (χ2n) is 4.45. The highest BCUT2D eigenvalue weighted by atomic mass is 35.5. The lowest BCUT2D eigenvalue weighted by Crippen LogP contribution is -2.34. The predicted octanol–water partition coefficient (Wildman–Crippen LogP) is 2.78. The van der Waals surface area contributed by atoms with Gasteiger partial charge in [-0.3, -0.25) is 0 Å². The van der Waals surface area contributed by atoms with Crippen molar-refractivity contribution in [3.05, 3.63) is 22.2 Å². The largest absolute Gasteiger partial charge is 0.399 e. The van der Waals surface area contributed by atoms with Gasteiger partial charge in [-0.1, -0.05) is 23.2 Å². The Morgan fingerprint density at radius 3 is 2.44 bits per heavy atom. The number of nitrogens with one attached hydrogen (secondary N) is 1. The van der Waals surface area contributed by atoms with Crippen molar-refractivity contribution in [1.82, 2.24) is 0 Å². The van der Waals surface area contributed by atoms with E-state index in [-0.39, 0.29) is 0 Å². The minimum Gasteiger partial charge on any atom is -0.399 e. The van der Waals surface area contributed by atoms with E-state index in [9.17, 15) is 5.11 Å². The van der Waals surface area contributed by atoms with E-state index in [1.807, 2.05) is 0 Å². The van der Waals surface area contributed by atoms with Gasteiger partial charge >= 0.3 is 0 Å². The molecule has 0 heterocycles. The van der Waals surface area contributed by atoms with Crippen LogP contribution in [-0.2, 0) is 4.74 Å². The molecule has 4 N–H and O–H groups in total. The van der Waals surface area contributed by atoms with Gasteiger partial charge in [-0.2, -0.15) is 0 Å². The van der Waals surface area contributed by atoms with Crippen LogP contribution in [0.4, 0.5) is 11.4 Å². The summed E-state index contributed by atoms with van der Waals surface area (Å²) >= 11 is 12.1. The molecule has 102 valence electrons. The summed E-state index contributed by atoms with van der Waals surface area (Å²) in [7, 11) is 1.59. The van der Waals surface area contributed by atoms with Gasteiger partial charge in [0.1, 0.15) is 0 Å². The molecule has 0 aliphatic rings. The summed E-state index contributed by atoms with van der Waals surface area (Å²) in [5.74, 6) is 0. The first kappa shape index (κ1) is 15.4. The van der Waals surface area contributed by atoms with E-state index >= 15 is 0 Å². The summed E-state index contributed by atoms with van der Waals surface area (Å²) in [4.78, 5) is 0. The zero-order chi connectivity index (χ0) is 13.8. The third kappa shape index (κ3) is 4.53. The normalized spacial score (nSPS) is 14.3. The number of hydrogen-bond acceptors (Lipinski definition) is 4. The van der Waals surface area contributed by atoms with Gasteiger partial charge in [0.25, 0.3) is 0 Å². The van der Waals surface area contributed by atoms with E-state index in [0.29, 0.717) is 41.0 Å². The summed E-state index contributed by atoms with van der Waals surface area (Å²) in [5, 5.41) is 14.0. The smallest absolute Gasteiger partial charge is 0.0813 e. The van der Waals surface area contributed by atoms with E-state index in [2.05, 4.69) is 5.32 Å². The number of benzene rings is 1. The van der Waals surface area contributed by atoms with Gasteiger partial charge in [-0.05, 0) is 19.1 Å². The van der Waals surface area contributed by atoms with Crippen molar-refractivity contribution in [2.75, 3.05) is 31.3 Å². The van der Waals surface area contributed by atoms with Gasteiger partial charge in [-0.15, -0.1) is 0 Å². The number of ether oxygens (including phenoxy) is 1. The minimum atomic E-state index is -0.899. The topological polar surface area (TPSA) is 67.5 Å². The first-order valence-corrected chi connectivity index (χ1v) is 6.31. The van der Waals surface area contributed by atoms with Gasteiger partial charge in [0.05, 0.1) is 21.3 Å². The highest BCUT2D eigenvalue weighted by Gasteiger charge is 2.20. The van der Waals surface area contributed by atoms with Crippen molar-refractivity contribution in [3.8, 4) is 0 Å². The van der Waals surface area contributed by atoms with Crippen LogP contribution in [0.25, 0.3) is 0 Å². The lowest BCUT2D eigenvalue weighted by Gasteiger charge is -2.24.